The molecule has 0 N–H and O–H groups in total. The SMILES string of the molecule is CCSCCN1C(=O)CSC1c1c(OC)cccc1OC. The van der Waals surface area contributed by atoms with E-state index in [0.29, 0.717) is 5.75 Å². The normalized spacial score (nSPS) is 18.1. The van der Waals surface area contributed by atoms with Crippen molar-refractivity contribution in [3.05, 3.63) is 23.8 Å². The standard InChI is InChI=1S/C15H21NO3S2/c1-4-20-9-8-16-13(17)10-21-15(16)14-11(18-2)6-5-7-12(14)19-3/h5-7,15H,4,8-10H2,1-3H3. The Hall–Kier alpha value is -1.01. The first-order valence-corrected chi connectivity index (χ1v) is 9.13. The minimum atomic E-state index is -0.0268. The molecular formula is C15H21NO3S2. The molecule has 0 radical (unpaired) electrons. The zero-order valence-electron chi connectivity index (χ0n) is 12.6. The molecule has 1 amide bonds. The smallest absolute Gasteiger partial charge is 0.233 e. The van der Waals surface area contributed by atoms with Gasteiger partial charge in [0.2, 0.25) is 5.91 Å². The van der Waals surface area contributed by atoms with Crippen molar-refractivity contribution in [2.75, 3.05) is 38.0 Å². The van der Waals surface area contributed by atoms with E-state index in [1.54, 1.807) is 26.0 Å². The number of ether oxygens (including phenoxy) is 2. The molecule has 116 valence electrons. The van der Waals surface area contributed by atoms with E-state index in [1.165, 1.54) is 0 Å². The molecule has 6 heteroatoms. The van der Waals surface area contributed by atoms with Crippen LogP contribution in [0.2, 0.25) is 0 Å². The first-order chi connectivity index (χ1) is 10.2. The number of carbonyl (C=O) groups is 1. The average molecular weight is 327 g/mol. The lowest BCUT2D eigenvalue weighted by Crippen LogP contribution is -2.30. The number of carbonyl (C=O) groups excluding carboxylic acids is 1. The highest BCUT2D eigenvalue weighted by Gasteiger charge is 2.36. The molecule has 1 aromatic carbocycles. The molecule has 1 aromatic rings. The minimum absolute atomic E-state index is 0.0268. The Balaban J connectivity index is 2.28. The van der Waals surface area contributed by atoms with E-state index in [0.717, 1.165) is 35.1 Å². The van der Waals surface area contributed by atoms with Gasteiger partial charge in [-0.15, -0.1) is 11.8 Å². The van der Waals surface area contributed by atoms with E-state index < -0.39 is 0 Å². The van der Waals surface area contributed by atoms with Crippen LogP contribution in [0.4, 0.5) is 0 Å². The summed E-state index contributed by atoms with van der Waals surface area (Å²) in [4.78, 5) is 14.1. The quantitative estimate of drug-likeness (QED) is 0.720. The fourth-order valence-electron chi connectivity index (χ4n) is 2.37. The number of methoxy groups -OCH3 is 2. The van der Waals surface area contributed by atoms with Crippen molar-refractivity contribution in [1.82, 2.24) is 4.90 Å². The first kappa shape index (κ1) is 16.4. The van der Waals surface area contributed by atoms with Gasteiger partial charge in [0.05, 0.1) is 25.5 Å². The summed E-state index contributed by atoms with van der Waals surface area (Å²) >= 11 is 3.48. The van der Waals surface area contributed by atoms with Crippen LogP contribution in [0.15, 0.2) is 18.2 Å². The Bertz CT molecular complexity index is 474. The molecule has 21 heavy (non-hydrogen) atoms. The Labute approximate surface area is 134 Å². The zero-order chi connectivity index (χ0) is 15.2. The fourth-order valence-corrected chi connectivity index (χ4v) is 4.25. The fraction of sp³-hybridized carbons (Fsp3) is 0.533. The Morgan fingerprint density at radius 1 is 1.33 bits per heavy atom. The van der Waals surface area contributed by atoms with Crippen molar-refractivity contribution in [2.24, 2.45) is 0 Å². The number of nitrogens with zero attached hydrogens (tertiary/aromatic N) is 1. The first-order valence-electron chi connectivity index (χ1n) is 6.92. The summed E-state index contributed by atoms with van der Waals surface area (Å²) in [5.41, 5.74) is 0.958. The molecule has 0 spiro atoms. The number of thioether (sulfide) groups is 2. The molecule has 0 saturated carbocycles. The predicted octanol–water partition coefficient (Wildman–Crippen LogP) is 3.03. The maximum atomic E-state index is 12.2. The van der Waals surface area contributed by atoms with E-state index in [4.69, 9.17) is 9.47 Å². The second-order valence-electron chi connectivity index (χ2n) is 4.52. The molecule has 0 aliphatic carbocycles. The van der Waals surface area contributed by atoms with Gasteiger partial charge in [-0.3, -0.25) is 4.79 Å². The van der Waals surface area contributed by atoms with Crippen molar-refractivity contribution in [2.45, 2.75) is 12.3 Å². The van der Waals surface area contributed by atoms with E-state index in [2.05, 4.69) is 6.92 Å². The van der Waals surface area contributed by atoms with Gasteiger partial charge in [0, 0.05) is 12.3 Å². The summed E-state index contributed by atoms with van der Waals surface area (Å²) in [7, 11) is 3.30. The zero-order valence-corrected chi connectivity index (χ0v) is 14.3. The molecule has 4 nitrogen and oxygen atoms in total. The van der Waals surface area contributed by atoms with Crippen molar-refractivity contribution in [1.29, 1.82) is 0 Å². The molecule has 0 bridgehead atoms. The second kappa shape index (κ2) is 7.84. The van der Waals surface area contributed by atoms with E-state index in [1.807, 2.05) is 34.9 Å². The number of hydrogen-bond donors (Lipinski definition) is 0. The van der Waals surface area contributed by atoms with Crippen molar-refractivity contribution < 1.29 is 14.3 Å². The molecule has 1 heterocycles. The van der Waals surface area contributed by atoms with Gasteiger partial charge < -0.3 is 14.4 Å². The lowest BCUT2D eigenvalue weighted by atomic mass is 10.1. The topological polar surface area (TPSA) is 38.8 Å². The average Bonchev–Trinajstić information content (AvgIpc) is 2.87. The summed E-state index contributed by atoms with van der Waals surface area (Å²) < 4.78 is 10.9. The van der Waals surface area contributed by atoms with Gasteiger partial charge in [-0.25, -0.2) is 0 Å². The maximum absolute atomic E-state index is 12.2. The molecule has 1 aliphatic heterocycles. The lowest BCUT2D eigenvalue weighted by Gasteiger charge is -2.26. The Morgan fingerprint density at radius 3 is 2.57 bits per heavy atom. The van der Waals surface area contributed by atoms with Crippen LogP contribution in [-0.2, 0) is 4.79 Å². The van der Waals surface area contributed by atoms with E-state index in [9.17, 15) is 4.79 Å². The molecule has 1 fully saturated rings. The van der Waals surface area contributed by atoms with Crippen molar-refractivity contribution >= 4 is 29.4 Å². The summed E-state index contributed by atoms with van der Waals surface area (Å²) in [5.74, 6) is 4.27. The number of hydrogen-bond acceptors (Lipinski definition) is 5. The molecule has 1 saturated heterocycles. The maximum Gasteiger partial charge on any atom is 0.233 e. The van der Waals surface area contributed by atoms with Gasteiger partial charge in [0.15, 0.2) is 0 Å². The summed E-state index contributed by atoms with van der Waals surface area (Å²) in [5, 5.41) is -0.0268. The van der Waals surface area contributed by atoms with E-state index in [-0.39, 0.29) is 11.3 Å². The van der Waals surface area contributed by atoms with E-state index >= 15 is 0 Å². The second-order valence-corrected chi connectivity index (χ2v) is 6.99. The van der Waals surface area contributed by atoms with Crippen LogP contribution in [-0.4, -0.2) is 48.8 Å². The molecule has 2 rings (SSSR count). The third kappa shape index (κ3) is 3.61. The van der Waals surface area contributed by atoms with Crippen LogP contribution in [0.5, 0.6) is 11.5 Å². The van der Waals surface area contributed by atoms with Gasteiger partial charge in [-0.05, 0) is 17.9 Å². The van der Waals surface area contributed by atoms with Crippen molar-refractivity contribution in [3.63, 3.8) is 0 Å². The molecule has 1 unspecified atom stereocenters. The van der Waals surface area contributed by atoms with Gasteiger partial charge in [-0.2, -0.15) is 11.8 Å². The summed E-state index contributed by atoms with van der Waals surface area (Å²) in [6.07, 6.45) is 0. The highest BCUT2D eigenvalue weighted by molar-refractivity contribution is 8.00. The Morgan fingerprint density at radius 2 is 2.00 bits per heavy atom. The minimum Gasteiger partial charge on any atom is -0.496 e. The van der Waals surface area contributed by atoms with Gasteiger partial charge >= 0.3 is 0 Å². The highest BCUT2D eigenvalue weighted by Crippen LogP contribution is 2.46. The summed E-state index contributed by atoms with van der Waals surface area (Å²) in [6.45, 7) is 2.89. The Kier molecular flexibility index (Phi) is 6.11. The summed E-state index contributed by atoms with van der Waals surface area (Å²) in [6, 6.07) is 5.74. The van der Waals surface area contributed by atoms with Crippen LogP contribution in [0.3, 0.4) is 0 Å². The van der Waals surface area contributed by atoms with Crippen LogP contribution in [0, 0.1) is 0 Å². The largest absolute Gasteiger partial charge is 0.496 e. The lowest BCUT2D eigenvalue weighted by molar-refractivity contribution is -0.127. The number of amides is 1. The van der Waals surface area contributed by atoms with Crippen LogP contribution < -0.4 is 9.47 Å². The monoisotopic (exact) mass is 327 g/mol. The van der Waals surface area contributed by atoms with Crippen LogP contribution >= 0.6 is 23.5 Å². The highest BCUT2D eigenvalue weighted by atomic mass is 32.2. The molecular weight excluding hydrogens is 306 g/mol. The van der Waals surface area contributed by atoms with Gasteiger partial charge in [0.25, 0.3) is 0 Å². The third-order valence-corrected chi connectivity index (χ3v) is 5.46. The number of rotatable bonds is 7. The predicted molar refractivity (Wildman–Crippen MR) is 89.5 cm³/mol. The van der Waals surface area contributed by atoms with Crippen LogP contribution in [0.1, 0.15) is 17.9 Å². The van der Waals surface area contributed by atoms with Crippen molar-refractivity contribution in [3.8, 4) is 11.5 Å². The molecule has 1 atom stereocenters. The van der Waals surface area contributed by atoms with Gasteiger partial charge in [0.1, 0.15) is 16.9 Å². The van der Waals surface area contributed by atoms with Gasteiger partial charge in [-0.1, -0.05) is 13.0 Å². The third-order valence-electron chi connectivity index (χ3n) is 3.36. The molecule has 0 aromatic heterocycles. The number of benzene rings is 1. The molecule has 1 aliphatic rings. The van der Waals surface area contributed by atoms with Crippen LogP contribution in [0.25, 0.3) is 0 Å².